The minimum Gasteiger partial charge on any atom is -0.388 e. The molecule has 2 rings (SSSR count). The van der Waals surface area contributed by atoms with Crippen molar-refractivity contribution in [1.82, 2.24) is 9.80 Å². The average Bonchev–Trinajstić information content (AvgIpc) is 2.34. The molecule has 2 atom stereocenters. The lowest BCUT2D eigenvalue weighted by atomic mass is 10.00. The van der Waals surface area contributed by atoms with E-state index in [1.54, 1.807) is 0 Å². The van der Waals surface area contributed by atoms with Crippen LogP contribution in [0.2, 0.25) is 5.02 Å². The lowest BCUT2D eigenvalue weighted by Gasteiger charge is -2.38. The Morgan fingerprint density at radius 2 is 2.17 bits per heavy atom. The summed E-state index contributed by atoms with van der Waals surface area (Å²) in [5.74, 6) is 0. The van der Waals surface area contributed by atoms with Gasteiger partial charge in [0.15, 0.2) is 0 Å². The molecule has 4 heteroatoms. The van der Waals surface area contributed by atoms with Crippen molar-refractivity contribution in [3.63, 3.8) is 0 Å². The lowest BCUT2D eigenvalue weighted by Crippen LogP contribution is -2.50. The number of hydrogen-bond donors (Lipinski definition) is 1. The van der Waals surface area contributed by atoms with Crippen LogP contribution in [-0.2, 0) is 0 Å². The van der Waals surface area contributed by atoms with E-state index in [4.69, 9.17) is 11.6 Å². The van der Waals surface area contributed by atoms with Crippen LogP contribution < -0.4 is 0 Å². The number of aliphatic hydroxyl groups excluding tert-OH is 1. The van der Waals surface area contributed by atoms with Crippen LogP contribution >= 0.6 is 11.6 Å². The van der Waals surface area contributed by atoms with E-state index in [0.29, 0.717) is 11.1 Å². The molecule has 0 saturated carbocycles. The standard InChI is InChI=1S/C14H21ClN2O/c1-16-6-7-17(2)13(10-16)9-14(18)11-4-3-5-12(15)8-11/h3-5,8,13-14,18H,6-7,9-10H2,1-2H3. The molecule has 0 amide bonds. The first-order valence-corrected chi connectivity index (χ1v) is 6.76. The first-order chi connectivity index (χ1) is 8.56. The molecule has 0 aliphatic carbocycles. The molecule has 3 nitrogen and oxygen atoms in total. The maximum atomic E-state index is 10.3. The molecule has 18 heavy (non-hydrogen) atoms. The van der Waals surface area contributed by atoms with Crippen molar-refractivity contribution in [3.05, 3.63) is 34.9 Å². The number of nitrogens with zero attached hydrogens (tertiary/aromatic N) is 2. The Kier molecular flexibility index (Phi) is 4.62. The molecule has 1 N–H and O–H groups in total. The second-order valence-corrected chi connectivity index (χ2v) is 5.64. The van der Waals surface area contributed by atoms with Gasteiger partial charge in [0.1, 0.15) is 0 Å². The Morgan fingerprint density at radius 3 is 2.89 bits per heavy atom. The highest BCUT2D eigenvalue weighted by atomic mass is 35.5. The number of halogens is 1. The minimum absolute atomic E-state index is 0.401. The highest BCUT2D eigenvalue weighted by molar-refractivity contribution is 6.30. The van der Waals surface area contributed by atoms with Crippen LogP contribution in [0.5, 0.6) is 0 Å². The fourth-order valence-electron chi connectivity index (χ4n) is 2.46. The molecular weight excluding hydrogens is 248 g/mol. The topological polar surface area (TPSA) is 26.7 Å². The van der Waals surface area contributed by atoms with Crippen molar-refractivity contribution < 1.29 is 5.11 Å². The van der Waals surface area contributed by atoms with Gasteiger partial charge in [0.05, 0.1) is 6.10 Å². The van der Waals surface area contributed by atoms with E-state index in [0.717, 1.165) is 31.6 Å². The molecular formula is C14H21ClN2O. The van der Waals surface area contributed by atoms with Gasteiger partial charge >= 0.3 is 0 Å². The molecule has 0 spiro atoms. The van der Waals surface area contributed by atoms with E-state index in [2.05, 4.69) is 23.9 Å². The summed E-state index contributed by atoms with van der Waals surface area (Å²) in [7, 11) is 4.26. The Morgan fingerprint density at radius 1 is 1.39 bits per heavy atom. The maximum absolute atomic E-state index is 10.3. The van der Waals surface area contributed by atoms with Crippen LogP contribution in [-0.4, -0.2) is 54.7 Å². The number of aliphatic hydroxyl groups is 1. The summed E-state index contributed by atoms with van der Waals surface area (Å²) in [6.07, 6.45) is 0.309. The largest absolute Gasteiger partial charge is 0.388 e. The quantitative estimate of drug-likeness (QED) is 0.909. The molecule has 1 heterocycles. The van der Waals surface area contributed by atoms with Crippen LogP contribution in [0.15, 0.2) is 24.3 Å². The summed E-state index contributed by atoms with van der Waals surface area (Å²) in [5.41, 5.74) is 0.907. The van der Waals surface area contributed by atoms with Crippen molar-refractivity contribution >= 4 is 11.6 Å². The van der Waals surface area contributed by atoms with Gasteiger partial charge in [0, 0.05) is 30.7 Å². The van der Waals surface area contributed by atoms with Gasteiger partial charge in [-0.05, 0) is 38.2 Å². The van der Waals surface area contributed by atoms with Gasteiger partial charge in [-0.3, -0.25) is 0 Å². The molecule has 1 aliphatic rings. The van der Waals surface area contributed by atoms with Crippen molar-refractivity contribution in [2.75, 3.05) is 33.7 Å². The van der Waals surface area contributed by atoms with E-state index < -0.39 is 6.10 Å². The molecule has 1 fully saturated rings. The van der Waals surface area contributed by atoms with Gasteiger partial charge in [-0.2, -0.15) is 0 Å². The Hall–Kier alpha value is -0.610. The summed E-state index contributed by atoms with van der Waals surface area (Å²) in [5, 5.41) is 11.0. The van der Waals surface area contributed by atoms with E-state index in [1.807, 2.05) is 24.3 Å². The van der Waals surface area contributed by atoms with Crippen LogP contribution in [0, 0.1) is 0 Å². The summed E-state index contributed by atoms with van der Waals surface area (Å²) in [4.78, 5) is 4.64. The second-order valence-electron chi connectivity index (χ2n) is 5.20. The fourth-order valence-corrected chi connectivity index (χ4v) is 2.66. The fraction of sp³-hybridized carbons (Fsp3) is 0.571. The Bertz CT molecular complexity index is 399. The number of piperazine rings is 1. The Labute approximate surface area is 114 Å². The van der Waals surface area contributed by atoms with Gasteiger partial charge in [0.25, 0.3) is 0 Å². The first kappa shape index (κ1) is 13.8. The molecule has 1 aromatic rings. The monoisotopic (exact) mass is 268 g/mol. The van der Waals surface area contributed by atoms with E-state index >= 15 is 0 Å². The summed E-state index contributed by atoms with van der Waals surface area (Å²) >= 11 is 5.95. The van der Waals surface area contributed by atoms with Crippen molar-refractivity contribution in [2.45, 2.75) is 18.6 Å². The third-order valence-electron chi connectivity index (χ3n) is 3.71. The number of rotatable bonds is 3. The third-order valence-corrected chi connectivity index (χ3v) is 3.94. The van der Waals surface area contributed by atoms with Crippen LogP contribution in [0.3, 0.4) is 0 Å². The van der Waals surface area contributed by atoms with E-state index in [1.165, 1.54) is 0 Å². The Balaban J connectivity index is 2.00. The molecule has 0 aromatic heterocycles. The van der Waals surface area contributed by atoms with Crippen LogP contribution in [0.4, 0.5) is 0 Å². The molecule has 1 aromatic carbocycles. The van der Waals surface area contributed by atoms with Crippen LogP contribution in [0.1, 0.15) is 18.1 Å². The predicted molar refractivity (Wildman–Crippen MR) is 74.9 cm³/mol. The number of likely N-dealkylation sites (N-methyl/N-ethyl adjacent to an activating group) is 2. The smallest absolute Gasteiger partial charge is 0.0806 e. The minimum atomic E-state index is -0.442. The summed E-state index contributed by atoms with van der Waals surface area (Å²) < 4.78 is 0. The molecule has 100 valence electrons. The maximum Gasteiger partial charge on any atom is 0.0806 e. The van der Waals surface area contributed by atoms with Gasteiger partial charge in [-0.1, -0.05) is 23.7 Å². The summed E-state index contributed by atoms with van der Waals surface area (Å²) in [6, 6.07) is 7.90. The van der Waals surface area contributed by atoms with Gasteiger partial charge in [0.2, 0.25) is 0 Å². The lowest BCUT2D eigenvalue weighted by molar-refractivity contribution is 0.0635. The number of benzene rings is 1. The van der Waals surface area contributed by atoms with Crippen molar-refractivity contribution in [1.29, 1.82) is 0 Å². The third kappa shape index (κ3) is 3.45. The second kappa shape index (κ2) is 6.02. The molecule has 0 radical (unpaired) electrons. The zero-order valence-electron chi connectivity index (χ0n) is 11.0. The van der Waals surface area contributed by atoms with Crippen molar-refractivity contribution in [3.8, 4) is 0 Å². The van der Waals surface area contributed by atoms with E-state index in [9.17, 15) is 5.11 Å². The molecule has 1 aliphatic heterocycles. The average molecular weight is 269 g/mol. The number of hydrogen-bond acceptors (Lipinski definition) is 3. The van der Waals surface area contributed by atoms with Gasteiger partial charge < -0.3 is 14.9 Å². The van der Waals surface area contributed by atoms with Crippen LogP contribution in [0.25, 0.3) is 0 Å². The van der Waals surface area contributed by atoms with Crippen molar-refractivity contribution in [2.24, 2.45) is 0 Å². The highest BCUT2D eigenvalue weighted by Crippen LogP contribution is 2.24. The zero-order chi connectivity index (χ0) is 13.1. The molecule has 2 unspecified atom stereocenters. The SMILES string of the molecule is CN1CCN(C)C(CC(O)c2cccc(Cl)c2)C1. The van der Waals surface area contributed by atoms with E-state index in [-0.39, 0.29) is 0 Å². The zero-order valence-corrected chi connectivity index (χ0v) is 11.8. The van der Waals surface area contributed by atoms with Gasteiger partial charge in [-0.15, -0.1) is 0 Å². The van der Waals surface area contributed by atoms with Gasteiger partial charge in [-0.25, -0.2) is 0 Å². The highest BCUT2D eigenvalue weighted by Gasteiger charge is 2.25. The normalized spacial score (nSPS) is 24.1. The predicted octanol–water partition coefficient (Wildman–Crippen LogP) is 2.01. The molecule has 0 bridgehead atoms. The first-order valence-electron chi connectivity index (χ1n) is 6.38. The molecule has 1 saturated heterocycles. The summed E-state index contributed by atoms with van der Waals surface area (Å²) in [6.45, 7) is 3.16.